The molecule has 1 aromatic heterocycles. The van der Waals surface area contributed by atoms with Gasteiger partial charge in [0.15, 0.2) is 0 Å². The molecule has 0 saturated carbocycles. The van der Waals surface area contributed by atoms with Gasteiger partial charge >= 0.3 is 0 Å². The van der Waals surface area contributed by atoms with E-state index >= 15 is 0 Å². The summed E-state index contributed by atoms with van der Waals surface area (Å²) in [6.45, 7) is 6.66. The first kappa shape index (κ1) is 13.9. The van der Waals surface area contributed by atoms with Gasteiger partial charge in [0.2, 0.25) is 0 Å². The molecule has 1 N–H and O–H groups in total. The Morgan fingerprint density at radius 3 is 2.63 bits per heavy atom. The molecule has 1 heterocycles. The molecule has 2 aromatic rings. The molecule has 0 radical (unpaired) electrons. The van der Waals surface area contributed by atoms with Crippen molar-refractivity contribution in [2.45, 2.75) is 46.0 Å². The average Bonchev–Trinajstić information content (AvgIpc) is 2.43. The smallest absolute Gasteiger partial charge is 0.129 e. The lowest BCUT2D eigenvalue weighted by Gasteiger charge is -2.13. The normalized spacial score (nSPS) is 11.2. The highest BCUT2D eigenvalue weighted by atomic mass is 15.0. The number of pyridine rings is 1. The molecule has 0 aliphatic heterocycles. The Hall–Kier alpha value is -1.57. The van der Waals surface area contributed by atoms with Crippen molar-refractivity contribution in [2.24, 2.45) is 0 Å². The number of hydrogen-bond acceptors (Lipinski definition) is 2. The van der Waals surface area contributed by atoms with Crippen LogP contribution < -0.4 is 5.32 Å². The molecule has 2 nitrogen and oxygen atoms in total. The highest BCUT2D eigenvalue weighted by Crippen LogP contribution is 2.27. The second-order valence-corrected chi connectivity index (χ2v) is 5.46. The zero-order chi connectivity index (χ0) is 13.8. The molecule has 102 valence electrons. The fourth-order valence-corrected chi connectivity index (χ4v) is 2.42. The summed E-state index contributed by atoms with van der Waals surface area (Å²) < 4.78 is 0. The number of aryl methyl sites for hydroxylation is 1. The lowest BCUT2D eigenvalue weighted by Crippen LogP contribution is -2.01. The summed E-state index contributed by atoms with van der Waals surface area (Å²) in [5, 5.41) is 4.47. The summed E-state index contributed by atoms with van der Waals surface area (Å²) >= 11 is 0. The van der Waals surface area contributed by atoms with E-state index < -0.39 is 0 Å². The average molecular weight is 256 g/mol. The maximum atomic E-state index is 4.73. The van der Waals surface area contributed by atoms with E-state index in [4.69, 9.17) is 4.98 Å². The molecule has 0 aliphatic rings. The van der Waals surface area contributed by atoms with Gasteiger partial charge in [-0.3, -0.25) is 0 Å². The molecule has 1 aromatic carbocycles. The number of benzene rings is 1. The summed E-state index contributed by atoms with van der Waals surface area (Å²) in [5.41, 5.74) is 3.79. The van der Waals surface area contributed by atoms with Crippen LogP contribution in [-0.4, -0.2) is 12.0 Å². The lowest BCUT2D eigenvalue weighted by atomic mass is 9.99. The Morgan fingerprint density at radius 1 is 1.21 bits per heavy atom. The number of aromatic nitrogens is 1. The second-order valence-electron chi connectivity index (χ2n) is 5.46. The van der Waals surface area contributed by atoms with Crippen molar-refractivity contribution in [1.29, 1.82) is 0 Å². The third-order valence-electron chi connectivity index (χ3n) is 3.59. The van der Waals surface area contributed by atoms with E-state index in [0.29, 0.717) is 5.92 Å². The molecule has 0 atom stereocenters. The van der Waals surface area contributed by atoms with Crippen LogP contribution in [0.5, 0.6) is 0 Å². The molecule has 2 rings (SSSR count). The van der Waals surface area contributed by atoms with Gasteiger partial charge in [0.1, 0.15) is 5.82 Å². The van der Waals surface area contributed by atoms with Crippen LogP contribution in [0.25, 0.3) is 10.9 Å². The molecule has 0 amide bonds. The molecule has 0 aliphatic carbocycles. The van der Waals surface area contributed by atoms with Crippen molar-refractivity contribution < 1.29 is 0 Å². The van der Waals surface area contributed by atoms with Gasteiger partial charge in [0, 0.05) is 12.4 Å². The Labute approximate surface area is 116 Å². The number of unbranched alkanes of at least 4 members (excludes halogenated alkanes) is 1. The Morgan fingerprint density at radius 2 is 2.00 bits per heavy atom. The first-order valence-electron chi connectivity index (χ1n) is 7.27. The van der Waals surface area contributed by atoms with Crippen LogP contribution >= 0.6 is 0 Å². The van der Waals surface area contributed by atoms with Gasteiger partial charge in [-0.15, -0.1) is 0 Å². The first-order valence-corrected chi connectivity index (χ1v) is 7.27. The van der Waals surface area contributed by atoms with Crippen LogP contribution in [-0.2, 0) is 6.42 Å². The summed E-state index contributed by atoms with van der Waals surface area (Å²) in [4.78, 5) is 4.73. The molecule has 2 heteroatoms. The van der Waals surface area contributed by atoms with Crippen LogP contribution in [0.15, 0.2) is 24.3 Å². The van der Waals surface area contributed by atoms with Gasteiger partial charge in [-0.05, 0) is 48.1 Å². The molecule has 0 unspecified atom stereocenters. The highest BCUT2D eigenvalue weighted by molar-refractivity contribution is 5.82. The lowest BCUT2D eigenvalue weighted by molar-refractivity contribution is 0.796. The molecule has 0 saturated heterocycles. The van der Waals surface area contributed by atoms with Crippen molar-refractivity contribution in [1.82, 2.24) is 4.98 Å². The predicted octanol–water partition coefficient (Wildman–Crippen LogP) is 4.74. The Balaban J connectivity index is 2.46. The Bertz CT molecular complexity index is 558. The van der Waals surface area contributed by atoms with E-state index in [-0.39, 0.29) is 0 Å². The standard InChI is InChI=1S/C17H24N2/c1-5-6-7-13-8-9-16-14(10-13)11-15(12(2)3)17(18-4)19-16/h8-12H,5-7H2,1-4H3,(H,18,19). The topological polar surface area (TPSA) is 24.9 Å². The summed E-state index contributed by atoms with van der Waals surface area (Å²) in [6.07, 6.45) is 3.66. The van der Waals surface area contributed by atoms with Gasteiger partial charge < -0.3 is 5.32 Å². The summed E-state index contributed by atoms with van der Waals surface area (Å²) in [5.74, 6) is 1.49. The molecule has 0 bridgehead atoms. The van der Waals surface area contributed by atoms with Crippen molar-refractivity contribution in [3.63, 3.8) is 0 Å². The number of rotatable bonds is 5. The van der Waals surface area contributed by atoms with Crippen LogP contribution in [0.2, 0.25) is 0 Å². The summed E-state index contributed by atoms with van der Waals surface area (Å²) in [7, 11) is 1.94. The third-order valence-corrected chi connectivity index (χ3v) is 3.59. The van der Waals surface area contributed by atoms with E-state index in [1.54, 1.807) is 0 Å². The second kappa shape index (κ2) is 6.05. The maximum Gasteiger partial charge on any atom is 0.129 e. The third kappa shape index (κ3) is 3.06. The van der Waals surface area contributed by atoms with Crippen molar-refractivity contribution in [3.8, 4) is 0 Å². The van der Waals surface area contributed by atoms with Gasteiger partial charge in [-0.25, -0.2) is 4.98 Å². The fourth-order valence-electron chi connectivity index (χ4n) is 2.42. The van der Waals surface area contributed by atoms with Gasteiger partial charge in [0.25, 0.3) is 0 Å². The molecule has 0 fully saturated rings. The molecule has 0 spiro atoms. The quantitative estimate of drug-likeness (QED) is 0.835. The minimum atomic E-state index is 0.485. The van der Waals surface area contributed by atoms with E-state index in [1.165, 1.54) is 29.4 Å². The van der Waals surface area contributed by atoms with Crippen molar-refractivity contribution in [2.75, 3.05) is 12.4 Å². The zero-order valence-corrected chi connectivity index (χ0v) is 12.5. The van der Waals surface area contributed by atoms with Gasteiger partial charge in [-0.2, -0.15) is 0 Å². The molecular formula is C17H24N2. The van der Waals surface area contributed by atoms with Gasteiger partial charge in [-0.1, -0.05) is 33.3 Å². The van der Waals surface area contributed by atoms with E-state index in [1.807, 2.05) is 7.05 Å². The maximum absolute atomic E-state index is 4.73. The number of fused-ring (bicyclic) bond motifs is 1. The Kier molecular flexibility index (Phi) is 4.41. The van der Waals surface area contributed by atoms with Crippen LogP contribution in [0.1, 0.15) is 50.7 Å². The van der Waals surface area contributed by atoms with Crippen LogP contribution in [0.4, 0.5) is 5.82 Å². The zero-order valence-electron chi connectivity index (χ0n) is 12.5. The largest absolute Gasteiger partial charge is 0.373 e. The predicted molar refractivity (Wildman–Crippen MR) is 84.0 cm³/mol. The number of nitrogens with one attached hydrogen (secondary N) is 1. The molecular weight excluding hydrogens is 232 g/mol. The monoisotopic (exact) mass is 256 g/mol. The minimum absolute atomic E-state index is 0.485. The van der Waals surface area contributed by atoms with Gasteiger partial charge in [0.05, 0.1) is 5.52 Å². The van der Waals surface area contributed by atoms with Crippen LogP contribution in [0.3, 0.4) is 0 Å². The number of hydrogen-bond donors (Lipinski definition) is 1. The van der Waals surface area contributed by atoms with E-state index in [9.17, 15) is 0 Å². The van der Waals surface area contributed by atoms with E-state index in [2.05, 4.69) is 50.4 Å². The van der Waals surface area contributed by atoms with Crippen molar-refractivity contribution in [3.05, 3.63) is 35.4 Å². The van der Waals surface area contributed by atoms with E-state index in [0.717, 1.165) is 17.8 Å². The minimum Gasteiger partial charge on any atom is -0.373 e. The number of nitrogens with zero attached hydrogens (tertiary/aromatic N) is 1. The van der Waals surface area contributed by atoms with Crippen molar-refractivity contribution >= 4 is 16.7 Å². The SMILES string of the molecule is CCCCc1ccc2nc(NC)c(C(C)C)cc2c1. The fraction of sp³-hybridized carbons (Fsp3) is 0.471. The highest BCUT2D eigenvalue weighted by Gasteiger charge is 2.09. The first-order chi connectivity index (χ1) is 9.15. The number of anilines is 1. The van der Waals surface area contributed by atoms with Crippen LogP contribution in [0, 0.1) is 0 Å². The molecule has 19 heavy (non-hydrogen) atoms. The summed E-state index contributed by atoms with van der Waals surface area (Å²) in [6, 6.07) is 8.93.